The third-order valence-corrected chi connectivity index (χ3v) is 5.90. The number of nitrogen functional groups attached to an aromatic ring is 1. The Morgan fingerprint density at radius 2 is 1.76 bits per heavy atom. The Kier molecular flexibility index (Phi) is 4.54. The number of likely N-dealkylation sites (tertiary alicyclic amines) is 1. The van der Waals surface area contributed by atoms with Crippen LogP contribution in [0.15, 0.2) is 70.8 Å². The van der Waals surface area contributed by atoms with Crippen molar-refractivity contribution in [1.29, 1.82) is 0 Å². The van der Waals surface area contributed by atoms with Gasteiger partial charge in [-0.1, -0.05) is 24.3 Å². The summed E-state index contributed by atoms with van der Waals surface area (Å²) in [6.45, 7) is 1.59. The summed E-state index contributed by atoms with van der Waals surface area (Å²) in [6, 6.07) is 15.1. The normalized spacial score (nSPS) is 23.6. The molecule has 1 unspecified atom stereocenters. The molecule has 2 aromatic carbocycles. The van der Waals surface area contributed by atoms with Crippen molar-refractivity contribution >= 4 is 17.4 Å². The molecule has 3 aliphatic heterocycles. The first kappa shape index (κ1) is 17.9. The number of aliphatic imine (C=N–C) groups is 1. The van der Waals surface area contributed by atoms with Crippen LogP contribution in [-0.2, 0) is 0 Å². The van der Waals surface area contributed by atoms with E-state index < -0.39 is 0 Å². The largest absolute Gasteiger partial charge is 0.399 e. The zero-order valence-electron chi connectivity index (χ0n) is 16.2. The SMILES string of the molecule is Nc1ccc(C2CN=C3C=CC(N4CCCC[C@H]4c4cccc(F)c4)=NN32)cc1. The maximum atomic E-state index is 13.8. The summed E-state index contributed by atoms with van der Waals surface area (Å²) in [7, 11) is 0. The molecule has 2 N–H and O–H groups in total. The fraction of sp³-hybridized carbons (Fsp3) is 0.304. The van der Waals surface area contributed by atoms with Crippen molar-refractivity contribution in [2.45, 2.75) is 31.3 Å². The third kappa shape index (κ3) is 3.39. The molecule has 2 aromatic rings. The lowest BCUT2D eigenvalue weighted by atomic mass is 9.95. The standard InChI is InChI=1S/C23H24FN5/c24-18-5-3-4-17(14-18)20-6-1-2-13-28(20)23-12-11-22-26-15-21(29(22)27-23)16-7-9-19(25)10-8-16/h3-5,7-12,14,20-21H,1-2,6,13,15,25H2/t20-,21?/m0/s1. The van der Waals surface area contributed by atoms with Gasteiger partial charge in [-0.3, -0.25) is 4.99 Å². The van der Waals surface area contributed by atoms with E-state index in [9.17, 15) is 4.39 Å². The molecule has 5 nitrogen and oxygen atoms in total. The highest BCUT2D eigenvalue weighted by Gasteiger charge is 2.33. The second-order valence-corrected chi connectivity index (χ2v) is 7.78. The summed E-state index contributed by atoms with van der Waals surface area (Å²) in [4.78, 5) is 6.97. The van der Waals surface area contributed by atoms with E-state index in [1.165, 1.54) is 6.07 Å². The lowest BCUT2D eigenvalue weighted by Gasteiger charge is -2.39. The maximum Gasteiger partial charge on any atom is 0.149 e. The molecule has 0 amide bonds. The number of amidine groups is 2. The van der Waals surface area contributed by atoms with Gasteiger partial charge in [-0.05, 0) is 66.8 Å². The van der Waals surface area contributed by atoms with Crippen molar-refractivity contribution in [3.05, 3.63) is 77.6 Å². The zero-order chi connectivity index (χ0) is 19.8. The Morgan fingerprint density at radius 3 is 2.59 bits per heavy atom. The number of halogens is 1. The minimum Gasteiger partial charge on any atom is -0.399 e. The predicted octanol–water partition coefficient (Wildman–Crippen LogP) is 4.27. The molecule has 0 spiro atoms. The highest BCUT2D eigenvalue weighted by atomic mass is 19.1. The second kappa shape index (κ2) is 7.35. The first-order chi connectivity index (χ1) is 14.2. The van der Waals surface area contributed by atoms with Gasteiger partial charge in [0.1, 0.15) is 17.5 Å². The van der Waals surface area contributed by atoms with Crippen LogP contribution in [0.5, 0.6) is 0 Å². The summed E-state index contributed by atoms with van der Waals surface area (Å²) in [5.74, 6) is 1.61. The Morgan fingerprint density at radius 1 is 0.931 bits per heavy atom. The molecule has 3 heterocycles. The topological polar surface area (TPSA) is 57.2 Å². The molecule has 0 aliphatic carbocycles. The van der Waals surface area contributed by atoms with Gasteiger partial charge in [0.2, 0.25) is 0 Å². The van der Waals surface area contributed by atoms with Crippen LogP contribution in [0.1, 0.15) is 42.5 Å². The Labute approximate surface area is 170 Å². The number of hydrazone groups is 1. The van der Waals surface area contributed by atoms with E-state index in [1.54, 1.807) is 12.1 Å². The first-order valence-corrected chi connectivity index (χ1v) is 10.2. The number of anilines is 1. The molecule has 5 rings (SSSR count). The number of fused-ring (bicyclic) bond motifs is 1. The van der Waals surface area contributed by atoms with Gasteiger partial charge in [-0.2, -0.15) is 5.10 Å². The average Bonchev–Trinajstić information content (AvgIpc) is 3.17. The van der Waals surface area contributed by atoms with Crippen molar-refractivity contribution in [2.24, 2.45) is 10.1 Å². The highest BCUT2D eigenvalue weighted by molar-refractivity contribution is 6.06. The molecule has 1 fully saturated rings. The fourth-order valence-electron chi connectivity index (χ4n) is 4.42. The van der Waals surface area contributed by atoms with Gasteiger partial charge in [0.05, 0.1) is 18.6 Å². The van der Waals surface area contributed by atoms with E-state index in [-0.39, 0.29) is 17.9 Å². The number of nitrogens with two attached hydrogens (primary N) is 1. The lowest BCUT2D eigenvalue weighted by Crippen LogP contribution is -2.41. The van der Waals surface area contributed by atoms with Crippen LogP contribution in [-0.4, -0.2) is 34.7 Å². The predicted molar refractivity (Wildman–Crippen MR) is 114 cm³/mol. The summed E-state index contributed by atoms with van der Waals surface area (Å²) in [6.07, 6.45) is 7.33. The monoisotopic (exact) mass is 389 g/mol. The van der Waals surface area contributed by atoms with Crippen molar-refractivity contribution < 1.29 is 4.39 Å². The fourth-order valence-corrected chi connectivity index (χ4v) is 4.42. The number of piperidine rings is 1. The van der Waals surface area contributed by atoms with Gasteiger partial charge < -0.3 is 10.6 Å². The van der Waals surface area contributed by atoms with Crippen LogP contribution in [0, 0.1) is 5.82 Å². The molecule has 148 valence electrons. The summed E-state index contributed by atoms with van der Waals surface area (Å²) < 4.78 is 13.8. The molecule has 6 heteroatoms. The van der Waals surface area contributed by atoms with E-state index in [1.807, 2.05) is 47.5 Å². The number of rotatable bonds is 2. The molecule has 3 aliphatic rings. The van der Waals surface area contributed by atoms with Gasteiger partial charge >= 0.3 is 0 Å². The molecule has 1 saturated heterocycles. The van der Waals surface area contributed by atoms with Crippen molar-refractivity contribution in [3.8, 4) is 0 Å². The van der Waals surface area contributed by atoms with Crippen molar-refractivity contribution in [2.75, 3.05) is 18.8 Å². The number of hydrogen-bond donors (Lipinski definition) is 1. The second-order valence-electron chi connectivity index (χ2n) is 7.78. The summed E-state index contributed by atoms with van der Waals surface area (Å²) in [5.41, 5.74) is 8.76. The average molecular weight is 389 g/mol. The molecule has 0 bridgehead atoms. The maximum absolute atomic E-state index is 13.8. The zero-order valence-corrected chi connectivity index (χ0v) is 16.2. The molecule has 29 heavy (non-hydrogen) atoms. The third-order valence-electron chi connectivity index (χ3n) is 5.90. The molecular weight excluding hydrogens is 365 g/mol. The number of benzene rings is 2. The van der Waals surface area contributed by atoms with Gasteiger partial charge in [0, 0.05) is 12.2 Å². The Bertz CT molecular complexity index is 995. The lowest BCUT2D eigenvalue weighted by molar-refractivity contribution is 0.237. The van der Waals surface area contributed by atoms with Crippen LogP contribution in [0.3, 0.4) is 0 Å². The van der Waals surface area contributed by atoms with E-state index in [0.717, 1.165) is 54.3 Å². The minimum atomic E-state index is -0.188. The summed E-state index contributed by atoms with van der Waals surface area (Å²) in [5, 5.41) is 6.99. The molecular formula is C23H24FN5. The van der Waals surface area contributed by atoms with E-state index in [0.29, 0.717) is 6.54 Å². The minimum absolute atomic E-state index is 0.0722. The molecule has 0 saturated carbocycles. The van der Waals surface area contributed by atoms with Gasteiger partial charge in [0.15, 0.2) is 0 Å². The van der Waals surface area contributed by atoms with E-state index in [2.05, 4.69) is 9.89 Å². The van der Waals surface area contributed by atoms with Crippen LogP contribution in [0.2, 0.25) is 0 Å². The molecule has 2 atom stereocenters. The quantitative estimate of drug-likeness (QED) is 0.780. The smallest absolute Gasteiger partial charge is 0.149 e. The van der Waals surface area contributed by atoms with Crippen LogP contribution >= 0.6 is 0 Å². The van der Waals surface area contributed by atoms with Gasteiger partial charge in [-0.15, -0.1) is 0 Å². The highest BCUT2D eigenvalue weighted by Crippen LogP contribution is 2.34. The van der Waals surface area contributed by atoms with Crippen molar-refractivity contribution in [3.63, 3.8) is 0 Å². The van der Waals surface area contributed by atoms with Gasteiger partial charge in [-0.25, -0.2) is 9.40 Å². The van der Waals surface area contributed by atoms with Crippen LogP contribution in [0.25, 0.3) is 0 Å². The van der Waals surface area contributed by atoms with E-state index >= 15 is 0 Å². The van der Waals surface area contributed by atoms with Crippen LogP contribution < -0.4 is 5.73 Å². The van der Waals surface area contributed by atoms with Crippen molar-refractivity contribution in [1.82, 2.24) is 9.91 Å². The number of hydrogen-bond acceptors (Lipinski definition) is 5. The summed E-state index contributed by atoms with van der Waals surface area (Å²) >= 11 is 0. The molecule has 0 radical (unpaired) electrons. The van der Waals surface area contributed by atoms with Gasteiger partial charge in [0.25, 0.3) is 0 Å². The molecule has 0 aromatic heterocycles. The van der Waals surface area contributed by atoms with E-state index in [4.69, 9.17) is 10.8 Å². The number of nitrogens with zero attached hydrogens (tertiary/aromatic N) is 4. The Hall–Kier alpha value is -3.15. The Balaban J connectivity index is 1.45. The van der Waals surface area contributed by atoms with Crippen LogP contribution in [0.4, 0.5) is 10.1 Å². The first-order valence-electron chi connectivity index (χ1n) is 10.2.